The topological polar surface area (TPSA) is 49.3 Å². The fourth-order valence-corrected chi connectivity index (χ4v) is 1.95. The maximum Gasteiger partial charge on any atom is 0.307 e. The average Bonchev–Trinajstić information content (AvgIpc) is 2.39. The fourth-order valence-electron chi connectivity index (χ4n) is 1.95. The van der Waals surface area contributed by atoms with Gasteiger partial charge in [0.05, 0.1) is 6.42 Å². The van der Waals surface area contributed by atoms with Crippen LogP contribution in [0.1, 0.15) is 16.7 Å². The number of aliphatic carboxylic acids is 1. The van der Waals surface area contributed by atoms with Crippen molar-refractivity contribution in [1.29, 1.82) is 0 Å². The number of aryl methyl sites for hydroxylation is 1. The molecule has 0 aliphatic rings. The number of halogens is 1. The molecule has 2 aromatic carbocycles. The van der Waals surface area contributed by atoms with E-state index >= 15 is 0 Å². The minimum Gasteiger partial charge on any atom is -0.481 e. The molecule has 0 unspecified atom stereocenters. The van der Waals surface area contributed by atoms with E-state index < -0.39 is 11.8 Å². The molecule has 2 rings (SSSR count). The van der Waals surface area contributed by atoms with Crippen LogP contribution in [0, 0.1) is 12.7 Å². The molecular formula is C16H16FNO2. The van der Waals surface area contributed by atoms with Gasteiger partial charge >= 0.3 is 5.97 Å². The third kappa shape index (κ3) is 3.82. The highest BCUT2D eigenvalue weighted by Crippen LogP contribution is 2.19. The van der Waals surface area contributed by atoms with Gasteiger partial charge in [-0.25, -0.2) is 4.39 Å². The molecule has 20 heavy (non-hydrogen) atoms. The molecule has 0 saturated heterocycles. The summed E-state index contributed by atoms with van der Waals surface area (Å²) < 4.78 is 13.2. The van der Waals surface area contributed by atoms with Gasteiger partial charge < -0.3 is 10.4 Å². The van der Waals surface area contributed by atoms with E-state index in [0.29, 0.717) is 17.8 Å². The second-order valence-electron chi connectivity index (χ2n) is 4.71. The molecule has 0 fully saturated rings. The number of carbonyl (C=O) groups is 1. The van der Waals surface area contributed by atoms with Crippen molar-refractivity contribution in [3.8, 4) is 0 Å². The summed E-state index contributed by atoms with van der Waals surface area (Å²) in [5.74, 6) is -1.41. The van der Waals surface area contributed by atoms with Gasteiger partial charge in [0.2, 0.25) is 0 Å². The van der Waals surface area contributed by atoms with Crippen molar-refractivity contribution in [1.82, 2.24) is 0 Å². The number of carboxylic acids is 1. The van der Waals surface area contributed by atoms with Gasteiger partial charge in [-0.1, -0.05) is 29.8 Å². The van der Waals surface area contributed by atoms with Crippen LogP contribution >= 0.6 is 0 Å². The van der Waals surface area contributed by atoms with Gasteiger partial charge in [0, 0.05) is 12.2 Å². The molecule has 0 aliphatic heterocycles. The Balaban J connectivity index is 2.12. The van der Waals surface area contributed by atoms with Crippen molar-refractivity contribution in [3.63, 3.8) is 0 Å². The highest BCUT2D eigenvalue weighted by atomic mass is 19.1. The van der Waals surface area contributed by atoms with Gasteiger partial charge in [-0.2, -0.15) is 0 Å². The van der Waals surface area contributed by atoms with E-state index in [1.54, 1.807) is 6.07 Å². The largest absolute Gasteiger partial charge is 0.481 e. The van der Waals surface area contributed by atoms with Crippen molar-refractivity contribution in [2.75, 3.05) is 5.32 Å². The molecule has 0 saturated carbocycles. The molecule has 0 aliphatic carbocycles. The Kier molecular flexibility index (Phi) is 4.35. The highest BCUT2D eigenvalue weighted by Gasteiger charge is 2.08. The highest BCUT2D eigenvalue weighted by molar-refractivity contribution is 5.73. The van der Waals surface area contributed by atoms with Crippen LogP contribution in [0.15, 0.2) is 42.5 Å². The zero-order valence-electron chi connectivity index (χ0n) is 11.2. The van der Waals surface area contributed by atoms with E-state index in [-0.39, 0.29) is 6.42 Å². The molecule has 0 aromatic heterocycles. The Morgan fingerprint density at radius 1 is 1.20 bits per heavy atom. The maximum atomic E-state index is 13.2. The number of nitrogens with one attached hydrogen (secondary N) is 1. The summed E-state index contributed by atoms with van der Waals surface area (Å²) in [6.45, 7) is 2.58. The van der Waals surface area contributed by atoms with E-state index in [9.17, 15) is 9.18 Å². The molecule has 3 nitrogen and oxygen atoms in total. The third-order valence-corrected chi connectivity index (χ3v) is 3.01. The molecule has 0 spiro atoms. The van der Waals surface area contributed by atoms with Crippen molar-refractivity contribution in [2.24, 2.45) is 0 Å². The first-order chi connectivity index (χ1) is 9.54. The van der Waals surface area contributed by atoms with Crippen molar-refractivity contribution in [3.05, 3.63) is 65.0 Å². The van der Waals surface area contributed by atoms with Crippen LogP contribution in [-0.4, -0.2) is 11.1 Å². The van der Waals surface area contributed by atoms with Crippen molar-refractivity contribution < 1.29 is 14.3 Å². The summed E-state index contributed by atoms with van der Waals surface area (Å²) in [7, 11) is 0. The van der Waals surface area contributed by atoms with Crippen LogP contribution in [0.25, 0.3) is 0 Å². The summed E-state index contributed by atoms with van der Waals surface area (Å²) >= 11 is 0. The zero-order valence-corrected chi connectivity index (χ0v) is 11.2. The lowest BCUT2D eigenvalue weighted by molar-refractivity contribution is -0.136. The standard InChI is InChI=1S/C16H16FNO2/c1-11-2-4-12(5-3-11)10-18-15-7-6-14(17)8-13(15)9-16(19)20/h2-8,18H,9-10H2,1H3,(H,19,20). The Morgan fingerprint density at radius 2 is 1.90 bits per heavy atom. The van der Waals surface area contributed by atoms with Crippen LogP contribution in [0.3, 0.4) is 0 Å². The van der Waals surface area contributed by atoms with Crippen molar-refractivity contribution >= 4 is 11.7 Å². The Labute approximate surface area is 117 Å². The Morgan fingerprint density at radius 3 is 2.55 bits per heavy atom. The fraction of sp³-hybridized carbons (Fsp3) is 0.188. The second kappa shape index (κ2) is 6.19. The number of benzene rings is 2. The van der Waals surface area contributed by atoms with Gasteiger partial charge in [-0.3, -0.25) is 4.79 Å². The minimum absolute atomic E-state index is 0.200. The van der Waals surface area contributed by atoms with E-state index in [4.69, 9.17) is 5.11 Å². The molecule has 0 atom stereocenters. The van der Waals surface area contributed by atoms with Gasteiger partial charge in [0.1, 0.15) is 5.82 Å². The predicted molar refractivity (Wildman–Crippen MR) is 76.2 cm³/mol. The quantitative estimate of drug-likeness (QED) is 0.878. The first-order valence-corrected chi connectivity index (χ1v) is 6.34. The molecule has 104 valence electrons. The Bertz CT molecular complexity index is 608. The molecular weight excluding hydrogens is 257 g/mol. The zero-order chi connectivity index (χ0) is 14.5. The lowest BCUT2D eigenvalue weighted by Gasteiger charge is -2.11. The third-order valence-electron chi connectivity index (χ3n) is 3.01. The van der Waals surface area contributed by atoms with Gasteiger partial charge in [-0.15, -0.1) is 0 Å². The number of rotatable bonds is 5. The normalized spacial score (nSPS) is 10.3. The number of hydrogen-bond acceptors (Lipinski definition) is 2. The molecule has 0 bridgehead atoms. The van der Waals surface area contributed by atoms with E-state index in [0.717, 1.165) is 5.56 Å². The van der Waals surface area contributed by atoms with Crippen LogP contribution in [0.2, 0.25) is 0 Å². The lowest BCUT2D eigenvalue weighted by Crippen LogP contribution is -2.07. The smallest absolute Gasteiger partial charge is 0.307 e. The Hall–Kier alpha value is -2.36. The number of anilines is 1. The van der Waals surface area contributed by atoms with Crippen LogP contribution in [0.4, 0.5) is 10.1 Å². The van der Waals surface area contributed by atoms with Crippen LogP contribution in [0.5, 0.6) is 0 Å². The lowest BCUT2D eigenvalue weighted by atomic mass is 10.1. The van der Waals surface area contributed by atoms with E-state index in [1.165, 1.54) is 17.7 Å². The molecule has 0 amide bonds. The van der Waals surface area contributed by atoms with Gasteiger partial charge in [0.15, 0.2) is 0 Å². The van der Waals surface area contributed by atoms with E-state index in [2.05, 4.69) is 5.32 Å². The van der Waals surface area contributed by atoms with Gasteiger partial charge in [0.25, 0.3) is 0 Å². The number of hydrogen-bond donors (Lipinski definition) is 2. The molecule has 2 N–H and O–H groups in total. The SMILES string of the molecule is Cc1ccc(CNc2ccc(F)cc2CC(=O)O)cc1. The summed E-state index contributed by atoms with van der Waals surface area (Å²) in [6.07, 6.45) is -0.200. The van der Waals surface area contributed by atoms with Gasteiger partial charge in [-0.05, 0) is 36.2 Å². The number of carboxylic acid groups (broad SMARTS) is 1. The van der Waals surface area contributed by atoms with Crippen molar-refractivity contribution in [2.45, 2.75) is 19.9 Å². The summed E-state index contributed by atoms with van der Waals surface area (Å²) in [4.78, 5) is 10.8. The summed E-state index contributed by atoms with van der Waals surface area (Å²) in [5, 5.41) is 12.0. The van der Waals surface area contributed by atoms with E-state index in [1.807, 2.05) is 31.2 Å². The molecule has 0 heterocycles. The van der Waals surface area contributed by atoms with Crippen LogP contribution in [-0.2, 0) is 17.8 Å². The second-order valence-corrected chi connectivity index (χ2v) is 4.71. The summed E-state index contributed by atoms with van der Waals surface area (Å²) in [6, 6.07) is 12.2. The predicted octanol–water partition coefficient (Wildman–Crippen LogP) is 3.37. The molecule has 2 aromatic rings. The summed E-state index contributed by atoms with van der Waals surface area (Å²) in [5.41, 5.74) is 3.36. The molecule has 4 heteroatoms. The average molecular weight is 273 g/mol. The van der Waals surface area contributed by atoms with Crippen LogP contribution < -0.4 is 5.32 Å². The monoisotopic (exact) mass is 273 g/mol. The maximum absolute atomic E-state index is 13.2. The first kappa shape index (κ1) is 14.1. The first-order valence-electron chi connectivity index (χ1n) is 6.34. The minimum atomic E-state index is -0.978. The molecule has 0 radical (unpaired) electrons.